The molecule has 0 amide bonds. The lowest BCUT2D eigenvalue weighted by Crippen LogP contribution is -2.21. The molecule has 1 aliphatic heterocycles. The van der Waals surface area contributed by atoms with Crippen LogP contribution in [0.2, 0.25) is 0 Å². The van der Waals surface area contributed by atoms with Gasteiger partial charge in [0.25, 0.3) is 0 Å². The van der Waals surface area contributed by atoms with Gasteiger partial charge in [-0.2, -0.15) is 13.2 Å². The summed E-state index contributed by atoms with van der Waals surface area (Å²) in [5, 5.41) is 9.70. The summed E-state index contributed by atoms with van der Waals surface area (Å²) in [7, 11) is 0. The quantitative estimate of drug-likeness (QED) is 0.597. The van der Waals surface area contributed by atoms with E-state index in [1.165, 1.54) is 6.07 Å². The monoisotopic (exact) mass is 418 g/mol. The number of benzene rings is 2. The summed E-state index contributed by atoms with van der Waals surface area (Å²) in [5.74, 6) is -0.689. The third-order valence-corrected chi connectivity index (χ3v) is 5.52. The molecule has 2 aromatic rings. The SMILES string of the molecule is C=COC(C(=O)O)c1c(C(F)(F)F)ccc(C2CC2)c1-c1ccc2c(c1)CCCO2. The molecule has 0 bridgehead atoms. The van der Waals surface area contributed by atoms with Gasteiger partial charge in [-0.1, -0.05) is 18.7 Å². The molecule has 158 valence electrons. The number of hydrogen-bond donors (Lipinski definition) is 1. The second-order valence-electron chi connectivity index (χ2n) is 7.56. The predicted octanol–water partition coefficient (Wildman–Crippen LogP) is 5.86. The van der Waals surface area contributed by atoms with Crippen LogP contribution in [0.1, 0.15) is 53.5 Å². The first-order valence-corrected chi connectivity index (χ1v) is 9.80. The highest BCUT2D eigenvalue weighted by molar-refractivity contribution is 5.83. The van der Waals surface area contributed by atoms with E-state index < -0.39 is 23.8 Å². The zero-order chi connectivity index (χ0) is 21.5. The highest BCUT2D eigenvalue weighted by Gasteiger charge is 2.42. The molecule has 2 aromatic carbocycles. The summed E-state index contributed by atoms with van der Waals surface area (Å²) >= 11 is 0. The Balaban J connectivity index is 2.01. The number of aryl methyl sites for hydroxylation is 1. The molecule has 1 atom stereocenters. The average Bonchev–Trinajstić information content (AvgIpc) is 3.55. The first kappa shape index (κ1) is 20.3. The number of halogens is 3. The molecule has 0 aromatic heterocycles. The lowest BCUT2D eigenvalue weighted by molar-refractivity contribution is -0.149. The van der Waals surface area contributed by atoms with Crippen LogP contribution in [0.3, 0.4) is 0 Å². The van der Waals surface area contributed by atoms with Crippen LogP contribution in [0.25, 0.3) is 11.1 Å². The van der Waals surface area contributed by atoms with Crippen LogP contribution >= 0.6 is 0 Å². The zero-order valence-electron chi connectivity index (χ0n) is 16.2. The van der Waals surface area contributed by atoms with Crippen molar-refractivity contribution in [3.8, 4) is 16.9 Å². The van der Waals surface area contributed by atoms with E-state index in [0.29, 0.717) is 23.5 Å². The molecule has 0 saturated heterocycles. The van der Waals surface area contributed by atoms with Gasteiger partial charge < -0.3 is 14.6 Å². The Labute approximate surface area is 171 Å². The fourth-order valence-corrected chi connectivity index (χ4v) is 4.07. The van der Waals surface area contributed by atoms with E-state index in [9.17, 15) is 23.1 Å². The van der Waals surface area contributed by atoms with Crippen LogP contribution in [0, 0.1) is 0 Å². The van der Waals surface area contributed by atoms with Gasteiger partial charge in [-0.25, -0.2) is 4.79 Å². The highest BCUT2D eigenvalue weighted by atomic mass is 19.4. The maximum atomic E-state index is 13.9. The summed E-state index contributed by atoms with van der Waals surface area (Å²) in [6, 6.07) is 7.70. The molecule has 1 saturated carbocycles. The Hall–Kier alpha value is -2.96. The van der Waals surface area contributed by atoms with Crippen molar-refractivity contribution in [2.24, 2.45) is 0 Å². The van der Waals surface area contributed by atoms with Crippen LogP contribution in [0.4, 0.5) is 13.2 Å². The maximum Gasteiger partial charge on any atom is 0.416 e. The van der Waals surface area contributed by atoms with E-state index in [2.05, 4.69) is 6.58 Å². The third kappa shape index (κ3) is 3.76. The van der Waals surface area contributed by atoms with Crippen LogP contribution in [0.5, 0.6) is 5.75 Å². The van der Waals surface area contributed by atoms with E-state index in [4.69, 9.17) is 9.47 Å². The molecule has 30 heavy (non-hydrogen) atoms. The Bertz CT molecular complexity index is 993. The van der Waals surface area contributed by atoms with Gasteiger partial charge in [0, 0.05) is 5.56 Å². The summed E-state index contributed by atoms with van der Waals surface area (Å²) < 4.78 is 52.5. The third-order valence-electron chi connectivity index (χ3n) is 5.52. The Morgan fingerprint density at radius 3 is 2.67 bits per heavy atom. The standard InChI is InChI=1S/C23H21F3O4/c1-2-29-21(22(27)28)20-17(23(24,25)26)9-8-16(13-5-6-13)19(20)15-7-10-18-14(12-15)4-3-11-30-18/h2,7-10,12-13,21H,1,3-6,11H2,(H,27,28). The number of rotatable bonds is 6. The van der Waals surface area contributed by atoms with E-state index in [1.807, 2.05) is 6.07 Å². The topological polar surface area (TPSA) is 55.8 Å². The lowest BCUT2D eigenvalue weighted by Gasteiger charge is -2.25. The van der Waals surface area contributed by atoms with Crippen molar-refractivity contribution < 1.29 is 32.5 Å². The van der Waals surface area contributed by atoms with Gasteiger partial charge in [0.05, 0.1) is 18.4 Å². The van der Waals surface area contributed by atoms with Crippen LogP contribution in [0.15, 0.2) is 43.2 Å². The zero-order valence-corrected chi connectivity index (χ0v) is 16.2. The first-order chi connectivity index (χ1) is 14.3. The molecule has 0 spiro atoms. The highest BCUT2D eigenvalue weighted by Crippen LogP contribution is 2.50. The number of carbonyl (C=O) groups is 1. The largest absolute Gasteiger partial charge is 0.493 e. The molecule has 7 heteroatoms. The first-order valence-electron chi connectivity index (χ1n) is 9.80. The average molecular weight is 418 g/mol. The Kier molecular flexibility index (Phi) is 5.22. The number of carboxylic acids is 1. The molecule has 1 unspecified atom stereocenters. The van der Waals surface area contributed by atoms with E-state index >= 15 is 0 Å². The van der Waals surface area contributed by atoms with Crippen molar-refractivity contribution in [2.75, 3.05) is 6.61 Å². The number of ether oxygens (including phenoxy) is 2. The summed E-state index contributed by atoms with van der Waals surface area (Å²) in [4.78, 5) is 11.9. The maximum absolute atomic E-state index is 13.9. The van der Waals surface area contributed by atoms with Crippen LogP contribution in [-0.4, -0.2) is 17.7 Å². The van der Waals surface area contributed by atoms with Gasteiger partial charge in [-0.15, -0.1) is 0 Å². The Morgan fingerprint density at radius 1 is 1.27 bits per heavy atom. The van der Waals surface area contributed by atoms with Crippen LogP contribution < -0.4 is 4.74 Å². The smallest absolute Gasteiger partial charge is 0.416 e. The molecule has 1 N–H and O–H groups in total. The number of carboxylic acid groups (broad SMARTS) is 1. The van der Waals surface area contributed by atoms with Gasteiger partial charge in [-0.3, -0.25) is 0 Å². The molecule has 1 heterocycles. The summed E-state index contributed by atoms with van der Waals surface area (Å²) in [5.41, 5.74) is 1.06. The number of aliphatic carboxylic acids is 1. The lowest BCUT2D eigenvalue weighted by atomic mass is 9.85. The molecule has 1 aliphatic carbocycles. The normalized spacial score (nSPS) is 16.9. The Morgan fingerprint density at radius 2 is 2.03 bits per heavy atom. The molecule has 0 radical (unpaired) electrons. The minimum Gasteiger partial charge on any atom is -0.493 e. The van der Waals surface area contributed by atoms with Crippen molar-refractivity contribution in [1.82, 2.24) is 0 Å². The van der Waals surface area contributed by atoms with Gasteiger partial charge in [-0.05, 0) is 72.1 Å². The molecule has 1 fully saturated rings. The van der Waals surface area contributed by atoms with Crippen molar-refractivity contribution in [2.45, 2.75) is 43.9 Å². The summed E-state index contributed by atoms with van der Waals surface area (Å²) in [6.07, 6.45) is -2.41. The number of hydrogen-bond acceptors (Lipinski definition) is 3. The minimum absolute atomic E-state index is 0.103. The molecule has 2 aliphatic rings. The fourth-order valence-electron chi connectivity index (χ4n) is 4.07. The number of fused-ring (bicyclic) bond motifs is 1. The summed E-state index contributed by atoms with van der Waals surface area (Å²) in [6.45, 7) is 3.95. The molecule has 4 nitrogen and oxygen atoms in total. The van der Waals surface area contributed by atoms with Crippen molar-refractivity contribution in [3.63, 3.8) is 0 Å². The number of alkyl halides is 3. The van der Waals surface area contributed by atoms with E-state index in [1.54, 1.807) is 12.1 Å². The van der Waals surface area contributed by atoms with Crippen molar-refractivity contribution in [3.05, 3.63) is 65.4 Å². The minimum atomic E-state index is -4.73. The fraction of sp³-hybridized carbons (Fsp3) is 0.348. The van der Waals surface area contributed by atoms with Gasteiger partial charge in [0.2, 0.25) is 6.10 Å². The van der Waals surface area contributed by atoms with Crippen molar-refractivity contribution in [1.29, 1.82) is 0 Å². The van der Waals surface area contributed by atoms with E-state index in [0.717, 1.165) is 43.6 Å². The van der Waals surface area contributed by atoms with Crippen molar-refractivity contribution >= 4 is 5.97 Å². The molecular formula is C23H21F3O4. The second kappa shape index (κ2) is 7.70. The van der Waals surface area contributed by atoms with E-state index in [-0.39, 0.29) is 17.0 Å². The van der Waals surface area contributed by atoms with Gasteiger partial charge in [0.1, 0.15) is 5.75 Å². The molecule has 4 rings (SSSR count). The second-order valence-corrected chi connectivity index (χ2v) is 7.56. The van der Waals surface area contributed by atoms with Gasteiger partial charge in [0.15, 0.2) is 0 Å². The van der Waals surface area contributed by atoms with Crippen LogP contribution in [-0.2, 0) is 22.1 Å². The predicted molar refractivity (Wildman–Crippen MR) is 104 cm³/mol. The van der Waals surface area contributed by atoms with Gasteiger partial charge >= 0.3 is 12.1 Å². The molecular weight excluding hydrogens is 397 g/mol.